The average molecular weight is 551 g/mol. The molecule has 2 aliphatic rings. The molecule has 2 N–H and O–H groups in total. The Balaban J connectivity index is 1.91. The maximum atomic E-state index is 15.4. The van der Waals surface area contributed by atoms with Crippen molar-refractivity contribution in [3.8, 4) is 6.07 Å². The smallest absolute Gasteiger partial charge is 0.350 e. The fraction of sp³-hybridized carbons (Fsp3) is 0.565. The highest BCUT2D eigenvalue weighted by atomic mass is 35.5. The first kappa shape index (κ1) is 28.0. The molecule has 2 heterocycles. The van der Waals surface area contributed by atoms with Gasteiger partial charge in [0.25, 0.3) is 11.8 Å². The van der Waals surface area contributed by atoms with Crippen LogP contribution in [0.25, 0.3) is 0 Å². The number of piperidine rings is 1. The fourth-order valence-electron chi connectivity index (χ4n) is 4.62. The number of halogens is 6. The summed E-state index contributed by atoms with van der Waals surface area (Å²) in [6.45, 7) is 1.83. The van der Waals surface area contributed by atoms with E-state index in [0.29, 0.717) is 17.9 Å². The van der Waals surface area contributed by atoms with Crippen LogP contribution < -0.4 is 10.6 Å². The van der Waals surface area contributed by atoms with Gasteiger partial charge >= 0.3 is 5.92 Å². The first-order valence-corrected chi connectivity index (χ1v) is 12.1. The van der Waals surface area contributed by atoms with Gasteiger partial charge in [0, 0.05) is 47.0 Å². The van der Waals surface area contributed by atoms with Crippen molar-refractivity contribution in [2.24, 2.45) is 5.92 Å². The maximum Gasteiger partial charge on any atom is 0.350 e. The number of nitrogens with one attached hydrogen (secondary N) is 2. The van der Waals surface area contributed by atoms with Crippen LogP contribution in [0.1, 0.15) is 44.6 Å². The SMILES string of the molecule is CC[C@H]1CC(F)(F)C[C@@H](C(=O)N[C@H](C#N)C[C@@H]2CCNC2=O)N1C(=O)C(F)(F)c1cc(Cl)cc(Cl)c1. The molecule has 0 bridgehead atoms. The number of hydrogen-bond acceptors (Lipinski definition) is 4. The highest BCUT2D eigenvalue weighted by Crippen LogP contribution is 2.41. The average Bonchev–Trinajstić information content (AvgIpc) is 3.20. The van der Waals surface area contributed by atoms with E-state index in [-0.39, 0.29) is 28.8 Å². The molecule has 2 aliphatic heterocycles. The Morgan fingerprint density at radius 2 is 1.92 bits per heavy atom. The molecule has 0 saturated carbocycles. The molecule has 1 aromatic carbocycles. The summed E-state index contributed by atoms with van der Waals surface area (Å²) in [5.74, 6) is -11.6. The lowest BCUT2D eigenvalue weighted by Crippen LogP contribution is -2.63. The lowest BCUT2D eigenvalue weighted by atomic mass is 9.88. The summed E-state index contributed by atoms with van der Waals surface area (Å²) in [4.78, 5) is 38.6. The van der Waals surface area contributed by atoms with Gasteiger partial charge in [0.05, 0.1) is 6.07 Å². The van der Waals surface area contributed by atoms with Crippen LogP contribution in [0.3, 0.4) is 0 Å². The predicted octanol–water partition coefficient (Wildman–Crippen LogP) is 4.02. The highest BCUT2D eigenvalue weighted by Gasteiger charge is 2.55. The van der Waals surface area contributed by atoms with E-state index in [0.717, 1.165) is 12.1 Å². The van der Waals surface area contributed by atoms with Crippen LogP contribution in [0.15, 0.2) is 18.2 Å². The van der Waals surface area contributed by atoms with E-state index >= 15 is 8.78 Å². The van der Waals surface area contributed by atoms with Gasteiger partial charge in [-0.1, -0.05) is 30.1 Å². The van der Waals surface area contributed by atoms with Crippen molar-refractivity contribution in [2.45, 2.75) is 69.0 Å². The molecular formula is C23H24Cl2F4N4O3. The Bertz CT molecular complexity index is 1060. The first-order chi connectivity index (χ1) is 16.8. The molecule has 36 heavy (non-hydrogen) atoms. The predicted molar refractivity (Wildman–Crippen MR) is 123 cm³/mol. The van der Waals surface area contributed by atoms with Crippen LogP contribution in [-0.2, 0) is 20.3 Å². The summed E-state index contributed by atoms with van der Waals surface area (Å²) >= 11 is 11.6. The Morgan fingerprint density at radius 3 is 2.44 bits per heavy atom. The van der Waals surface area contributed by atoms with Crippen molar-refractivity contribution in [3.63, 3.8) is 0 Å². The molecule has 2 fully saturated rings. The molecular weight excluding hydrogens is 527 g/mol. The third kappa shape index (κ3) is 6.03. The number of carbonyl (C=O) groups is 3. The molecule has 4 atom stereocenters. The number of likely N-dealkylation sites (tertiary alicyclic amines) is 1. The number of benzene rings is 1. The summed E-state index contributed by atoms with van der Waals surface area (Å²) in [5.41, 5.74) is -0.849. The molecule has 0 spiro atoms. The molecule has 2 saturated heterocycles. The first-order valence-electron chi connectivity index (χ1n) is 11.3. The summed E-state index contributed by atoms with van der Waals surface area (Å²) in [7, 11) is 0. The molecule has 7 nitrogen and oxygen atoms in total. The van der Waals surface area contributed by atoms with Gasteiger partial charge in [-0.25, -0.2) is 8.78 Å². The van der Waals surface area contributed by atoms with Gasteiger partial charge < -0.3 is 15.5 Å². The Hall–Kier alpha value is -2.58. The number of hydrogen-bond donors (Lipinski definition) is 2. The topological polar surface area (TPSA) is 102 Å². The van der Waals surface area contributed by atoms with Crippen LogP contribution in [0.2, 0.25) is 10.0 Å². The maximum absolute atomic E-state index is 15.4. The molecule has 3 rings (SSSR count). The molecule has 3 amide bonds. The van der Waals surface area contributed by atoms with Gasteiger partial charge in [-0.15, -0.1) is 0 Å². The Morgan fingerprint density at radius 1 is 1.28 bits per heavy atom. The monoisotopic (exact) mass is 550 g/mol. The van der Waals surface area contributed by atoms with Gasteiger partial charge in [-0.3, -0.25) is 14.4 Å². The van der Waals surface area contributed by atoms with Crippen LogP contribution in [0, 0.1) is 17.2 Å². The van der Waals surface area contributed by atoms with Crippen LogP contribution in [-0.4, -0.2) is 53.2 Å². The summed E-state index contributed by atoms with van der Waals surface area (Å²) in [6.07, 6.45) is -1.89. The standard InChI is InChI=1S/C23H24Cl2F4N4O3/c1-2-17-9-22(26,27)10-18(20(35)32-16(11-30)5-12-3-4-31-19(12)34)33(17)21(36)23(28,29)13-6-14(24)8-15(25)7-13/h6-8,12,16-18H,2-5,9-10H2,1H3,(H,31,34)(H,32,35)/t12-,16-,17-,18-/m0/s1. The van der Waals surface area contributed by atoms with Crippen LogP contribution in [0.5, 0.6) is 0 Å². The second kappa shape index (κ2) is 10.8. The summed E-state index contributed by atoms with van der Waals surface area (Å²) in [5, 5.41) is 14.0. The van der Waals surface area contributed by atoms with E-state index in [1.165, 1.54) is 13.0 Å². The highest BCUT2D eigenvalue weighted by molar-refractivity contribution is 6.34. The van der Waals surface area contributed by atoms with Gasteiger partial charge in [0.1, 0.15) is 12.1 Å². The van der Waals surface area contributed by atoms with Crippen molar-refractivity contribution in [3.05, 3.63) is 33.8 Å². The number of nitrogens with zero attached hydrogens (tertiary/aromatic N) is 2. The number of rotatable bonds is 7. The lowest BCUT2D eigenvalue weighted by molar-refractivity contribution is -0.180. The van der Waals surface area contributed by atoms with Crippen molar-refractivity contribution >= 4 is 40.9 Å². The molecule has 196 valence electrons. The van der Waals surface area contributed by atoms with E-state index in [1.54, 1.807) is 6.07 Å². The molecule has 0 radical (unpaired) electrons. The molecule has 0 aromatic heterocycles. The van der Waals surface area contributed by atoms with E-state index in [4.69, 9.17) is 23.2 Å². The van der Waals surface area contributed by atoms with Crippen molar-refractivity contribution < 1.29 is 31.9 Å². The quantitative estimate of drug-likeness (QED) is 0.500. The van der Waals surface area contributed by atoms with Gasteiger partial charge in [0.2, 0.25) is 11.8 Å². The Labute approximate surface area is 215 Å². The second-order valence-corrected chi connectivity index (χ2v) is 9.86. The number of carbonyl (C=O) groups excluding carboxylic acids is 3. The van der Waals surface area contributed by atoms with Gasteiger partial charge in [0.15, 0.2) is 0 Å². The zero-order chi connectivity index (χ0) is 26.8. The minimum Gasteiger partial charge on any atom is -0.356 e. The van der Waals surface area contributed by atoms with Crippen LogP contribution >= 0.6 is 23.2 Å². The molecule has 0 unspecified atom stereocenters. The van der Waals surface area contributed by atoms with E-state index in [2.05, 4.69) is 10.6 Å². The summed E-state index contributed by atoms with van der Waals surface area (Å²) in [6, 6.07) is 0.0550. The lowest BCUT2D eigenvalue weighted by Gasteiger charge is -2.45. The van der Waals surface area contributed by atoms with Crippen LogP contribution in [0.4, 0.5) is 17.6 Å². The van der Waals surface area contributed by atoms with Crippen molar-refractivity contribution in [1.29, 1.82) is 5.26 Å². The Kier molecular flexibility index (Phi) is 8.41. The zero-order valence-corrected chi connectivity index (χ0v) is 20.7. The minimum absolute atomic E-state index is 0.0838. The van der Waals surface area contributed by atoms with Crippen molar-refractivity contribution in [2.75, 3.05) is 6.54 Å². The van der Waals surface area contributed by atoms with E-state index in [1.807, 2.05) is 0 Å². The van der Waals surface area contributed by atoms with Gasteiger partial charge in [-0.2, -0.15) is 14.0 Å². The second-order valence-electron chi connectivity index (χ2n) is 8.99. The largest absolute Gasteiger partial charge is 0.356 e. The number of amides is 3. The summed E-state index contributed by atoms with van der Waals surface area (Å²) < 4.78 is 59.8. The van der Waals surface area contributed by atoms with E-state index in [9.17, 15) is 28.4 Å². The van der Waals surface area contributed by atoms with Crippen molar-refractivity contribution in [1.82, 2.24) is 15.5 Å². The number of alkyl halides is 4. The third-order valence-electron chi connectivity index (χ3n) is 6.41. The minimum atomic E-state index is -4.23. The third-order valence-corrected chi connectivity index (χ3v) is 6.85. The molecule has 13 heteroatoms. The molecule has 0 aliphatic carbocycles. The normalized spacial score (nSPS) is 24.6. The zero-order valence-electron chi connectivity index (χ0n) is 19.2. The molecule has 1 aromatic rings. The van der Waals surface area contributed by atoms with E-state index < -0.39 is 66.1 Å². The fourth-order valence-corrected chi connectivity index (χ4v) is 5.14. The number of nitriles is 1. The van der Waals surface area contributed by atoms with Gasteiger partial charge in [-0.05, 0) is 37.5 Å².